The Morgan fingerprint density at radius 3 is 2.67 bits per heavy atom. The number of carbonyl (C=O) groups excluding carboxylic acids is 1. The van der Waals surface area contributed by atoms with Crippen molar-refractivity contribution in [3.8, 4) is 0 Å². The Labute approximate surface area is 161 Å². The van der Waals surface area contributed by atoms with Crippen molar-refractivity contribution < 1.29 is 4.79 Å². The average Bonchev–Trinajstić information content (AvgIpc) is 2.69. The first kappa shape index (κ1) is 18.2. The van der Waals surface area contributed by atoms with Crippen LogP contribution in [0.3, 0.4) is 0 Å². The summed E-state index contributed by atoms with van der Waals surface area (Å²) in [6.07, 6.45) is 1.09. The number of nitrogens with zero attached hydrogens (tertiary/aromatic N) is 1. The van der Waals surface area contributed by atoms with E-state index in [-0.39, 0.29) is 11.3 Å². The van der Waals surface area contributed by atoms with Crippen molar-refractivity contribution in [3.63, 3.8) is 0 Å². The molecule has 3 unspecified atom stereocenters. The zero-order valence-electron chi connectivity index (χ0n) is 16.2. The van der Waals surface area contributed by atoms with Crippen LogP contribution in [0, 0.1) is 5.92 Å². The minimum atomic E-state index is -0.351. The topological polar surface area (TPSA) is 58.4 Å². The third kappa shape index (κ3) is 3.40. The first-order valence-electron chi connectivity index (χ1n) is 9.90. The van der Waals surface area contributed by atoms with Crippen LogP contribution in [-0.2, 0) is 5.41 Å². The number of nitrogens with two attached hydrogens (primary N) is 1. The van der Waals surface area contributed by atoms with Crippen LogP contribution in [-0.4, -0.2) is 36.5 Å². The van der Waals surface area contributed by atoms with E-state index in [1.165, 1.54) is 11.1 Å². The molecule has 2 aliphatic rings. The van der Waals surface area contributed by atoms with Gasteiger partial charge in [0.2, 0.25) is 5.91 Å². The molecule has 0 aliphatic carbocycles. The van der Waals surface area contributed by atoms with Crippen molar-refractivity contribution in [2.24, 2.45) is 11.7 Å². The number of fused-ring (bicyclic) bond motifs is 1. The second kappa shape index (κ2) is 7.10. The van der Waals surface area contributed by atoms with E-state index in [9.17, 15) is 4.79 Å². The third-order valence-corrected chi connectivity index (χ3v) is 6.80. The van der Waals surface area contributed by atoms with Crippen LogP contribution in [0.2, 0.25) is 0 Å². The van der Waals surface area contributed by atoms with Gasteiger partial charge in [0.25, 0.3) is 0 Å². The van der Waals surface area contributed by atoms with E-state index >= 15 is 0 Å². The highest BCUT2D eigenvalue weighted by Crippen LogP contribution is 2.43. The SMILES string of the molecule is CC1CN2CC(c3ccccc3)NCC2C[C@@]1(C)c1cccc(C(N)=O)c1. The number of rotatable bonds is 3. The lowest BCUT2D eigenvalue weighted by Gasteiger charge is -2.53. The van der Waals surface area contributed by atoms with Crippen molar-refractivity contribution >= 4 is 5.91 Å². The van der Waals surface area contributed by atoms with Gasteiger partial charge >= 0.3 is 0 Å². The molecule has 4 nitrogen and oxygen atoms in total. The molecule has 0 bridgehead atoms. The number of amides is 1. The predicted molar refractivity (Wildman–Crippen MR) is 109 cm³/mol. The highest BCUT2D eigenvalue weighted by atomic mass is 16.1. The fourth-order valence-corrected chi connectivity index (χ4v) is 4.86. The summed E-state index contributed by atoms with van der Waals surface area (Å²) in [5, 5.41) is 3.75. The van der Waals surface area contributed by atoms with Gasteiger partial charge in [-0.25, -0.2) is 0 Å². The molecule has 2 saturated heterocycles. The van der Waals surface area contributed by atoms with Gasteiger partial charge in [0.15, 0.2) is 0 Å². The number of primary amides is 1. The van der Waals surface area contributed by atoms with E-state index < -0.39 is 0 Å². The van der Waals surface area contributed by atoms with Crippen LogP contribution in [0.15, 0.2) is 54.6 Å². The van der Waals surface area contributed by atoms with Gasteiger partial charge in [0.1, 0.15) is 0 Å². The molecule has 0 aromatic heterocycles. The summed E-state index contributed by atoms with van der Waals surface area (Å²) in [5.74, 6) is 0.155. The van der Waals surface area contributed by atoms with Gasteiger partial charge < -0.3 is 11.1 Å². The fourth-order valence-electron chi connectivity index (χ4n) is 4.86. The van der Waals surface area contributed by atoms with E-state index in [0.717, 1.165) is 26.1 Å². The molecular weight excluding hydrogens is 334 g/mol. The third-order valence-electron chi connectivity index (χ3n) is 6.80. The van der Waals surface area contributed by atoms with Crippen molar-refractivity contribution in [2.75, 3.05) is 19.6 Å². The molecule has 1 amide bonds. The van der Waals surface area contributed by atoms with E-state index in [2.05, 4.69) is 60.5 Å². The van der Waals surface area contributed by atoms with Crippen LogP contribution in [0.1, 0.15) is 47.8 Å². The van der Waals surface area contributed by atoms with Crippen LogP contribution < -0.4 is 11.1 Å². The summed E-state index contributed by atoms with van der Waals surface area (Å²) in [6.45, 7) is 7.81. The lowest BCUT2D eigenvalue weighted by Crippen LogP contribution is -2.60. The second-order valence-electron chi connectivity index (χ2n) is 8.45. The standard InChI is InChI=1S/C23H29N3O/c1-16-14-26-15-21(17-7-4-3-5-8-17)25-13-20(26)12-23(16,2)19-10-6-9-18(11-19)22(24)27/h3-11,16,20-21,25H,12-15H2,1-2H3,(H2,24,27)/t16?,20?,21?,23-/m1/s1. The Balaban J connectivity index is 1.54. The van der Waals surface area contributed by atoms with Crippen LogP contribution in [0.25, 0.3) is 0 Å². The number of carbonyl (C=O) groups is 1. The van der Waals surface area contributed by atoms with Gasteiger partial charge in [-0.3, -0.25) is 9.69 Å². The molecule has 0 radical (unpaired) electrons. The van der Waals surface area contributed by atoms with Gasteiger partial charge in [-0.05, 0) is 41.0 Å². The normalized spacial score (nSPS) is 31.3. The first-order chi connectivity index (χ1) is 13.0. The minimum absolute atomic E-state index is 0.0495. The molecule has 0 saturated carbocycles. The maximum Gasteiger partial charge on any atom is 0.248 e. The molecule has 27 heavy (non-hydrogen) atoms. The Morgan fingerprint density at radius 1 is 1.15 bits per heavy atom. The van der Waals surface area contributed by atoms with Crippen LogP contribution in [0.4, 0.5) is 0 Å². The molecule has 4 atom stereocenters. The number of nitrogens with one attached hydrogen (secondary N) is 1. The second-order valence-corrected chi connectivity index (χ2v) is 8.45. The largest absolute Gasteiger partial charge is 0.366 e. The fraction of sp³-hybridized carbons (Fsp3) is 0.435. The zero-order chi connectivity index (χ0) is 19.0. The monoisotopic (exact) mass is 363 g/mol. The number of hydrogen-bond acceptors (Lipinski definition) is 3. The molecule has 4 heteroatoms. The molecule has 2 fully saturated rings. The number of piperidine rings is 1. The lowest BCUT2D eigenvalue weighted by atomic mass is 9.65. The van der Waals surface area contributed by atoms with E-state index in [1.807, 2.05) is 18.2 Å². The average molecular weight is 364 g/mol. The van der Waals surface area contributed by atoms with Crippen molar-refractivity contribution in [1.29, 1.82) is 0 Å². The number of piperazine rings is 1. The molecule has 2 aromatic rings. The molecule has 2 heterocycles. The molecule has 2 aromatic carbocycles. The summed E-state index contributed by atoms with van der Waals surface area (Å²) < 4.78 is 0. The molecule has 2 aliphatic heterocycles. The Hall–Kier alpha value is -2.17. The van der Waals surface area contributed by atoms with E-state index in [0.29, 0.717) is 23.6 Å². The highest BCUT2D eigenvalue weighted by Gasteiger charge is 2.44. The number of benzene rings is 2. The molecule has 4 rings (SSSR count). The summed E-state index contributed by atoms with van der Waals surface area (Å²) in [7, 11) is 0. The Morgan fingerprint density at radius 2 is 1.93 bits per heavy atom. The summed E-state index contributed by atoms with van der Waals surface area (Å²) in [6, 6.07) is 19.6. The zero-order valence-corrected chi connectivity index (χ0v) is 16.2. The quantitative estimate of drug-likeness (QED) is 0.881. The van der Waals surface area contributed by atoms with Crippen LogP contribution >= 0.6 is 0 Å². The van der Waals surface area contributed by atoms with Crippen molar-refractivity contribution in [1.82, 2.24) is 10.2 Å². The number of hydrogen-bond donors (Lipinski definition) is 2. The van der Waals surface area contributed by atoms with Crippen LogP contribution in [0.5, 0.6) is 0 Å². The van der Waals surface area contributed by atoms with Gasteiger partial charge in [0.05, 0.1) is 0 Å². The van der Waals surface area contributed by atoms with Crippen molar-refractivity contribution in [3.05, 3.63) is 71.3 Å². The molecule has 3 N–H and O–H groups in total. The molecular formula is C23H29N3O. The Bertz CT molecular complexity index is 821. The molecule has 142 valence electrons. The summed E-state index contributed by atoms with van der Waals surface area (Å²) >= 11 is 0. The van der Waals surface area contributed by atoms with Gasteiger partial charge in [-0.1, -0.05) is 56.3 Å². The maximum absolute atomic E-state index is 11.6. The predicted octanol–water partition coefficient (Wildman–Crippen LogP) is 3.10. The van der Waals surface area contributed by atoms with Gasteiger partial charge in [0, 0.05) is 37.3 Å². The van der Waals surface area contributed by atoms with Gasteiger partial charge in [-0.2, -0.15) is 0 Å². The maximum atomic E-state index is 11.6. The smallest absolute Gasteiger partial charge is 0.248 e. The highest BCUT2D eigenvalue weighted by molar-refractivity contribution is 5.92. The lowest BCUT2D eigenvalue weighted by molar-refractivity contribution is 0.0242. The first-order valence-corrected chi connectivity index (χ1v) is 9.90. The summed E-state index contributed by atoms with van der Waals surface area (Å²) in [5.41, 5.74) is 8.76. The van der Waals surface area contributed by atoms with Gasteiger partial charge in [-0.15, -0.1) is 0 Å². The van der Waals surface area contributed by atoms with E-state index in [1.54, 1.807) is 0 Å². The molecule has 0 spiro atoms. The minimum Gasteiger partial charge on any atom is -0.366 e. The van der Waals surface area contributed by atoms with E-state index in [4.69, 9.17) is 5.73 Å². The summed E-state index contributed by atoms with van der Waals surface area (Å²) in [4.78, 5) is 14.3. The Kier molecular flexibility index (Phi) is 4.79. The van der Waals surface area contributed by atoms with Crippen molar-refractivity contribution in [2.45, 2.75) is 37.8 Å².